The van der Waals surface area contributed by atoms with Crippen molar-refractivity contribution in [2.45, 2.75) is 6.61 Å². The van der Waals surface area contributed by atoms with Crippen LogP contribution < -0.4 is 4.74 Å². The highest BCUT2D eigenvalue weighted by molar-refractivity contribution is 6.30. The lowest BCUT2D eigenvalue weighted by atomic mass is 10.1. The molecule has 2 rings (SSSR count). The molecule has 0 heterocycles. The molecule has 0 fully saturated rings. The highest BCUT2D eigenvalue weighted by atomic mass is 35.5. The average molecular weight is 269 g/mol. The molecule has 2 aromatic carbocycles. The molecule has 19 heavy (non-hydrogen) atoms. The summed E-state index contributed by atoms with van der Waals surface area (Å²) in [5.74, 6) is 0.458. The first-order valence-corrected chi connectivity index (χ1v) is 5.92. The summed E-state index contributed by atoms with van der Waals surface area (Å²) in [5.41, 5.74) is 1.96. The van der Waals surface area contributed by atoms with Gasteiger partial charge >= 0.3 is 0 Å². The van der Waals surface area contributed by atoms with Crippen LogP contribution in [0.4, 0.5) is 0 Å². The minimum absolute atomic E-state index is 0.320. The van der Waals surface area contributed by atoms with Crippen molar-refractivity contribution in [1.29, 1.82) is 10.5 Å². The standard InChI is InChI=1S/C15H9ClN2O/c16-14-6-5-13(9-18)15(7-14)19-10-12-3-1-11(8-17)2-4-12/h1-7H,10H2. The summed E-state index contributed by atoms with van der Waals surface area (Å²) in [7, 11) is 0. The lowest BCUT2D eigenvalue weighted by molar-refractivity contribution is 0.305. The summed E-state index contributed by atoms with van der Waals surface area (Å²) in [5, 5.41) is 18.2. The molecule has 92 valence electrons. The van der Waals surface area contributed by atoms with Crippen molar-refractivity contribution in [2.75, 3.05) is 0 Å². The van der Waals surface area contributed by atoms with Crippen molar-refractivity contribution in [2.24, 2.45) is 0 Å². The fraction of sp³-hybridized carbons (Fsp3) is 0.0667. The van der Waals surface area contributed by atoms with Crippen molar-refractivity contribution in [3.63, 3.8) is 0 Å². The molecule has 0 aliphatic carbocycles. The van der Waals surface area contributed by atoms with Crippen LogP contribution in [0.25, 0.3) is 0 Å². The molecule has 0 spiro atoms. The largest absolute Gasteiger partial charge is 0.487 e. The van der Waals surface area contributed by atoms with Crippen LogP contribution >= 0.6 is 11.6 Å². The van der Waals surface area contributed by atoms with Gasteiger partial charge in [-0.15, -0.1) is 0 Å². The summed E-state index contributed by atoms with van der Waals surface area (Å²) in [4.78, 5) is 0. The Balaban J connectivity index is 2.12. The Hall–Kier alpha value is -2.49. The molecular weight excluding hydrogens is 260 g/mol. The molecule has 0 saturated carbocycles. The first kappa shape index (κ1) is 13.0. The maximum Gasteiger partial charge on any atom is 0.139 e. The van der Waals surface area contributed by atoms with Crippen LogP contribution in [0.15, 0.2) is 42.5 Å². The predicted molar refractivity (Wildman–Crippen MR) is 71.7 cm³/mol. The van der Waals surface area contributed by atoms with Gasteiger partial charge in [-0.1, -0.05) is 23.7 Å². The second kappa shape index (κ2) is 5.91. The van der Waals surface area contributed by atoms with Crippen LogP contribution in [-0.2, 0) is 6.61 Å². The third kappa shape index (κ3) is 3.25. The van der Waals surface area contributed by atoms with Gasteiger partial charge in [-0.3, -0.25) is 0 Å². The third-order valence-electron chi connectivity index (χ3n) is 2.54. The zero-order valence-corrected chi connectivity index (χ0v) is 10.7. The van der Waals surface area contributed by atoms with Crippen LogP contribution in [0.3, 0.4) is 0 Å². The van der Waals surface area contributed by atoms with E-state index in [1.807, 2.05) is 12.1 Å². The van der Waals surface area contributed by atoms with Crippen molar-refractivity contribution >= 4 is 11.6 Å². The van der Waals surface area contributed by atoms with E-state index >= 15 is 0 Å². The Morgan fingerprint density at radius 1 is 1.00 bits per heavy atom. The Bertz CT molecular complexity index is 666. The minimum atomic E-state index is 0.320. The van der Waals surface area contributed by atoms with Gasteiger partial charge in [0.2, 0.25) is 0 Å². The third-order valence-corrected chi connectivity index (χ3v) is 2.78. The molecule has 0 unspecified atom stereocenters. The van der Waals surface area contributed by atoms with Gasteiger partial charge in [0, 0.05) is 11.1 Å². The Kier molecular flexibility index (Phi) is 4.03. The first-order valence-electron chi connectivity index (χ1n) is 5.54. The van der Waals surface area contributed by atoms with Gasteiger partial charge < -0.3 is 4.74 Å². The van der Waals surface area contributed by atoms with Gasteiger partial charge in [0.25, 0.3) is 0 Å². The Morgan fingerprint density at radius 3 is 2.37 bits per heavy atom. The van der Waals surface area contributed by atoms with E-state index in [1.54, 1.807) is 30.3 Å². The average Bonchev–Trinajstić information content (AvgIpc) is 2.46. The van der Waals surface area contributed by atoms with Crippen LogP contribution in [0.5, 0.6) is 5.75 Å². The molecule has 4 heteroatoms. The molecule has 0 bridgehead atoms. The van der Waals surface area contributed by atoms with Crippen LogP contribution in [0, 0.1) is 22.7 Å². The van der Waals surface area contributed by atoms with Gasteiger partial charge in [-0.05, 0) is 29.8 Å². The number of hydrogen-bond acceptors (Lipinski definition) is 3. The van der Waals surface area contributed by atoms with Crippen LogP contribution in [0.1, 0.15) is 16.7 Å². The lowest BCUT2D eigenvalue weighted by Gasteiger charge is -2.08. The number of nitrogens with zero attached hydrogens (tertiary/aromatic N) is 2. The van der Waals surface area contributed by atoms with E-state index in [9.17, 15) is 0 Å². The monoisotopic (exact) mass is 268 g/mol. The minimum Gasteiger partial charge on any atom is -0.487 e. The number of rotatable bonds is 3. The van der Waals surface area contributed by atoms with Gasteiger partial charge in [0.05, 0.1) is 17.2 Å². The summed E-state index contributed by atoms with van der Waals surface area (Å²) in [6.45, 7) is 0.320. The fourth-order valence-electron chi connectivity index (χ4n) is 1.54. The van der Waals surface area contributed by atoms with E-state index < -0.39 is 0 Å². The number of halogens is 1. The summed E-state index contributed by atoms with van der Waals surface area (Å²) in [6.07, 6.45) is 0. The highest BCUT2D eigenvalue weighted by Gasteiger charge is 2.04. The smallest absolute Gasteiger partial charge is 0.139 e. The molecule has 0 saturated heterocycles. The van der Waals surface area contributed by atoms with E-state index in [0.29, 0.717) is 28.5 Å². The normalized spacial score (nSPS) is 9.42. The number of ether oxygens (including phenoxy) is 1. The molecule has 0 aromatic heterocycles. The van der Waals surface area contributed by atoms with Gasteiger partial charge in [-0.2, -0.15) is 10.5 Å². The summed E-state index contributed by atoms with van der Waals surface area (Å²) >= 11 is 5.87. The number of nitriles is 2. The van der Waals surface area contributed by atoms with Crippen LogP contribution in [-0.4, -0.2) is 0 Å². The fourth-order valence-corrected chi connectivity index (χ4v) is 1.71. The van der Waals surface area contributed by atoms with Crippen molar-refractivity contribution in [1.82, 2.24) is 0 Å². The van der Waals surface area contributed by atoms with E-state index in [2.05, 4.69) is 12.1 Å². The van der Waals surface area contributed by atoms with E-state index in [4.69, 9.17) is 26.9 Å². The summed E-state index contributed by atoms with van der Waals surface area (Å²) in [6, 6.07) is 16.1. The quantitative estimate of drug-likeness (QED) is 0.853. The van der Waals surface area contributed by atoms with Crippen molar-refractivity contribution < 1.29 is 4.74 Å². The lowest BCUT2D eigenvalue weighted by Crippen LogP contribution is -1.97. The first-order chi connectivity index (χ1) is 9.22. The zero-order chi connectivity index (χ0) is 13.7. The maximum atomic E-state index is 8.97. The molecule has 0 atom stereocenters. The van der Waals surface area contributed by atoms with E-state index in [1.165, 1.54) is 0 Å². The molecule has 2 aromatic rings. The van der Waals surface area contributed by atoms with Gasteiger partial charge in [0.15, 0.2) is 0 Å². The second-order valence-corrected chi connectivity index (χ2v) is 4.29. The molecule has 0 amide bonds. The van der Waals surface area contributed by atoms with E-state index in [-0.39, 0.29) is 0 Å². The zero-order valence-electron chi connectivity index (χ0n) is 9.93. The van der Waals surface area contributed by atoms with Crippen LogP contribution in [0.2, 0.25) is 5.02 Å². The predicted octanol–water partition coefficient (Wildman–Crippen LogP) is 3.66. The van der Waals surface area contributed by atoms with Crippen molar-refractivity contribution in [3.05, 3.63) is 64.2 Å². The summed E-state index contributed by atoms with van der Waals surface area (Å²) < 4.78 is 5.58. The van der Waals surface area contributed by atoms with E-state index in [0.717, 1.165) is 5.56 Å². The molecular formula is C15H9ClN2O. The van der Waals surface area contributed by atoms with Gasteiger partial charge in [-0.25, -0.2) is 0 Å². The molecule has 3 nitrogen and oxygen atoms in total. The molecule has 0 radical (unpaired) electrons. The molecule has 0 aliphatic heterocycles. The van der Waals surface area contributed by atoms with Gasteiger partial charge in [0.1, 0.15) is 18.4 Å². The SMILES string of the molecule is N#Cc1ccc(COc2cc(Cl)ccc2C#N)cc1. The van der Waals surface area contributed by atoms with Crippen molar-refractivity contribution in [3.8, 4) is 17.9 Å². The highest BCUT2D eigenvalue weighted by Crippen LogP contribution is 2.23. The molecule has 0 N–H and O–H groups in total. The maximum absolute atomic E-state index is 8.97. The Morgan fingerprint density at radius 2 is 1.74 bits per heavy atom. The topological polar surface area (TPSA) is 56.8 Å². The number of hydrogen-bond donors (Lipinski definition) is 0. The molecule has 0 aliphatic rings. The Labute approximate surface area is 116 Å². The second-order valence-electron chi connectivity index (χ2n) is 3.85. The number of benzene rings is 2.